The van der Waals surface area contributed by atoms with Gasteiger partial charge in [0.2, 0.25) is 0 Å². The van der Waals surface area contributed by atoms with E-state index in [4.69, 9.17) is 4.99 Å². The summed E-state index contributed by atoms with van der Waals surface area (Å²) in [5, 5.41) is 3.11. The average Bonchev–Trinajstić information content (AvgIpc) is 3.15. The molecule has 1 aromatic heterocycles. The molecule has 2 aromatic rings. The highest BCUT2D eigenvalue weighted by atomic mass is 79.9. The van der Waals surface area contributed by atoms with Crippen LogP contribution in [-0.4, -0.2) is 17.2 Å². The third-order valence-electron chi connectivity index (χ3n) is 4.61. The summed E-state index contributed by atoms with van der Waals surface area (Å²) in [5.41, 5.74) is 7.33. The Morgan fingerprint density at radius 2 is 2.09 bits per heavy atom. The number of hydrazine groups is 1. The Hall–Kier alpha value is -1.50. The molecule has 23 heavy (non-hydrogen) atoms. The Kier molecular flexibility index (Phi) is 3.18. The van der Waals surface area contributed by atoms with Crippen molar-refractivity contribution in [3.63, 3.8) is 0 Å². The zero-order chi connectivity index (χ0) is 15.4. The van der Waals surface area contributed by atoms with Gasteiger partial charge in [-0.1, -0.05) is 34.1 Å². The topological polar surface area (TPSA) is 40.0 Å². The van der Waals surface area contributed by atoms with Crippen molar-refractivity contribution in [1.82, 2.24) is 10.4 Å². The second kappa shape index (κ2) is 5.26. The van der Waals surface area contributed by atoms with Crippen molar-refractivity contribution in [3.05, 3.63) is 50.3 Å². The van der Waals surface area contributed by atoms with E-state index in [1.165, 1.54) is 35.3 Å². The number of nitrogens with one attached hydrogen (secondary N) is 1. The van der Waals surface area contributed by atoms with Gasteiger partial charge < -0.3 is 0 Å². The Labute approximate surface area is 147 Å². The fourth-order valence-corrected chi connectivity index (χ4v) is 5.22. The Balaban J connectivity index is 1.62. The molecule has 116 valence electrons. The van der Waals surface area contributed by atoms with Crippen molar-refractivity contribution < 1.29 is 0 Å². The standard InChI is InChI=1S/C17H15BrN4S/c18-12-7-3-1-5-10(12)15-20-16-14-11-6-2-4-8-13(11)23-17(14)19-9-22(16)21-15/h1,3,5,7,9,15,21H,2,4,6,8H2/t15-/m1/s1. The van der Waals surface area contributed by atoms with Crippen LogP contribution in [0.2, 0.25) is 0 Å². The number of amidine groups is 1. The number of halogens is 1. The zero-order valence-corrected chi connectivity index (χ0v) is 14.8. The molecule has 3 aliphatic rings. The van der Waals surface area contributed by atoms with Gasteiger partial charge in [-0.15, -0.1) is 11.3 Å². The molecular formula is C17H15BrN4S. The molecule has 1 aromatic carbocycles. The summed E-state index contributed by atoms with van der Waals surface area (Å²) in [4.78, 5) is 11.1. The number of aryl methyl sites for hydroxylation is 1. The van der Waals surface area contributed by atoms with Crippen molar-refractivity contribution in [2.45, 2.75) is 31.8 Å². The molecule has 0 unspecified atom stereocenters. The van der Waals surface area contributed by atoms with Crippen LogP contribution in [0, 0.1) is 0 Å². The number of nitrogens with zero attached hydrogens (tertiary/aromatic N) is 3. The summed E-state index contributed by atoms with van der Waals surface area (Å²) in [5.74, 6) is 1.02. The molecule has 3 heterocycles. The maximum absolute atomic E-state index is 4.98. The quantitative estimate of drug-likeness (QED) is 0.791. The highest BCUT2D eigenvalue weighted by Crippen LogP contribution is 2.43. The molecule has 6 heteroatoms. The monoisotopic (exact) mass is 386 g/mol. The number of fused-ring (bicyclic) bond motifs is 5. The van der Waals surface area contributed by atoms with E-state index in [0.717, 1.165) is 27.3 Å². The summed E-state index contributed by atoms with van der Waals surface area (Å²) in [6, 6.07) is 8.23. The molecule has 0 saturated carbocycles. The fraction of sp³-hybridized carbons (Fsp3) is 0.294. The van der Waals surface area contributed by atoms with Gasteiger partial charge in [-0.25, -0.2) is 15.0 Å². The average molecular weight is 387 g/mol. The predicted octanol–water partition coefficient (Wildman–Crippen LogP) is 4.33. The number of hydrogen-bond donors (Lipinski definition) is 1. The molecule has 0 radical (unpaired) electrons. The molecule has 1 N–H and O–H groups in total. The first-order chi connectivity index (χ1) is 11.3. The molecule has 2 aliphatic heterocycles. The number of rotatable bonds is 1. The van der Waals surface area contributed by atoms with E-state index >= 15 is 0 Å². The van der Waals surface area contributed by atoms with E-state index in [-0.39, 0.29) is 6.17 Å². The van der Waals surface area contributed by atoms with Crippen LogP contribution < -0.4 is 5.43 Å². The molecule has 0 bridgehead atoms. The van der Waals surface area contributed by atoms with Crippen molar-refractivity contribution in [3.8, 4) is 0 Å². The minimum Gasteiger partial charge on any atom is -0.246 e. The summed E-state index contributed by atoms with van der Waals surface area (Å²) >= 11 is 5.48. The van der Waals surface area contributed by atoms with Gasteiger partial charge in [0, 0.05) is 14.9 Å². The van der Waals surface area contributed by atoms with Gasteiger partial charge in [-0.2, -0.15) is 5.43 Å². The summed E-state index contributed by atoms with van der Waals surface area (Å²) in [6.45, 7) is 0. The zero-order valence-electron chi connectivity index (χ0n) is 12.4. The van der Waals surface area contributed by atoms with Gasteiger partial charge in [-0.3, -0.25) is 0 Å². The highest BCUT2D eigenvalue weighted by molar-refractivity contribution is 9.10. The minimum absolute atomic E-state index is 0.0721. The second-order valence-electron chi connectivity index (χ2n) is 6.01. The van der Waals surface area contributed by atoms with Crippen LogP contribution in [0.1, 0.15) is 40.6 Å². The van der Waals surface area contributed by atoms with Gasteiger partial charge in [0.15, 0.2) is 5.84 Å². The lowest BCUT2D eigenvalue weighted by Crippen LogP contribution is -2.38. The van der Waals surface area contributed by atoms with Crippen LogP contribution >= 0.6 is 27.3 Å². The normalized spacial score (nSPS) is 21.7. The van der Waals surface area contributed by atoms with Gasteiger partial charge >= 0.3 is 0 Å². The SMILES string of the molecule is Brc1ccccc1[C@@H]1N=C2c3c(sc4c3CCCC4)N=CN2N1. The number of aliphatic imine (C=N–C) groups is 2. The molecule has 1 atom stereocenters. The largest absolute Gasteiger partial charge is 0.246 e. The Morgan fingerprint density at radius 1 is 1.22 bits per heavy atom. The van der Waals surface area contributed by atoms with Gasteiger partial charge in [0.05, 0.1) is 5.56 Å². The van der Waals surface area contributed by atoms with Crippen molar-refractivity contribution in [2.75, 3.05) is 0 Å². The summed E-state index contributed by atoms with van der Waals surface area (Å²) in [7, 11) is 0. The highest BCUT2D eigenvalue weighted by Gasteiger charge is 2.34. The Bertz CT molecular complexity index is 854. The smallest absolute Gasteiger partial charge is 0.156 e. The molecule has 4 nitrogen and oxygen atoms in total. The van der Waals surface area contributed by atoms with Gasteiger partial charge in [-0.05, 0) is 37.3 Å². The molecule has 0 fully saturated rings. The first kappa shape index (κ1) is 13.9. The molecule has 0 saturated heterocycles. The van der Waals surface area contributed by atoms with Crippen LogP contribution in [0.3, 0.4) is 0 Å². The van der Waals surface area contributed by atoms with Crippen molar-refractivity contribution >= 4 is 44.4 Å². The molecule has 0 amide bonds. The lowest BCUT2D eigenvalue weighted by Gasteiger charge is -2.21. The van der Waals surface area contributed by atoms with E-state index in [9.17, 15) is 0 Å². The first-order valence-electron chi connectivity index (χ1n) is 7.88. The second-order valence-corrected chi connectivity index (χ2v) is 7.95. The molecule has 1 aliphatic carbocycles. The summed E-state index contributed by atoms with van der Waals surface area (Å²) < 4.78 is 1.08. The Morgan fingerprint density at radius 3 is 3.00 bits per heavy atom. The van der Waals surface area contributed by atoms with Crippen LogP contribution in [0.25, 0.3) is 0 Å². The van der Waals surface area contributed by atoms with Crippen LogP contribution in [0.4, 0.5) is 5.00 Å². The van der Waals surface area contributed by atoms with Crippen LogP contribution in [0.5, 0.6) is 0 Å². The van der Waals surface area contributed by atoms with E-state index in [1.54, 1.807) is 0 Å². The number of hydrogen-bond acceptors (Lipinski definition) is 5. The predicted molar refractivity (Wildman–Crippen MR) is 97.5 cm³/mol. The van der Waals surface area contributed by atoms with Crippen molar-refractivity contribution in [2.24, 2.45) is 9.98 Å². The van der Waals surface area contributed by atoms with Gasteiger partial charge in [0.1, 0.15) is 17.5 Å². The van der Waals surface area contributed by atoms with Crippen LogP contribution in [0.15, 0.2) is 38.7 Å². The lowest BCUT2D eigenvalue weighted by atomic mass is 9.95. The van der Waals surface area contributed by atoms with E-state index < -0.39 is 0 Å². The molecular weight excluding hydrogens is 372 g/mol. The van der Waals surface area contributed by atoms with Crippen LogP contribution in [-0.2, 0) is 12.8 Å². The van der Waals surface area contributed by atoms with Crippen molar-refractivity contribution in [1.29, 1.82) is 0 Å². The third-order valence-corrected chi connectivity index (χ3v) is 6.53. The van der Waals surface area contributed by atoms with Gasteiger partial charge in [0.25, 0.3) is 0 Å². The maximum Gasteiger partial charge on any atom is 0.156 e. The summed E-state index contributed by atoms with van der Waals surface area (Å²) in [6.07, 6.45) is 6.70. The van der Waals surface area contributed by atoms with E-state index in [1.807, 2.05) is 34.8 Å². The maximum atomic E-state index is 4.98. The minimum atomic E-state index is -0.0721. The number of benzene rings is 1. The first-order valence-corrected chi connectivity index (χ1v) is 9.49. The lowest BCUT2D eigenvalue weighted by molar-refractivity contribution is 0.426. The van der Waals surface area contributed by atoms with E-state index in [2.05, 4.69) is 38.5 Å². The third kappa shape index (κ3) is 2.12. The fourth-order valence-electron chi connectivity index (χ4n) is 3.50. The molecule has 0 spiro atoms. The molecule has 5 rings (SSSR count). The number of thiophene rings is 1. The van der Waals surface area contributed by atoms with E-state index in [0.29, 0.717) is 0 Å².